The van der Waals surface area contributed by atoms with E-state index in [2.05, 4.69) is 10.3 Å². The second-order valence-corrected chi connectivity index (χ2v) is 4.62. The summed E-state index contributed by atoms with van der Waals surface area (Å²) in [5.41, 5.74) is 0.00515. The molecule has 2 rings (SSSR count). The Hall–Kier alpha value is -1.89. The molecule has 1 aromatic heterocycles. The fraction of sp³-hybridized carbons (Fsp3) is 0.385. The first-order valence-corrected chi connectivity index (χ1v) is 6.08. The van der Waals surface area contributed by atoms with Gasteiger partial charge in [-0.2, -0.15) is 13.2 Å². The minimum absolute atomic E-state index is 0.0114. The summed E-state index contributed by atoms with van der Waals surface area (Å²) >= 11 is 0. The normalized spacial score (nSPS) is 13.4. The van der Waals surface area contributed by atoms with Gasteiger partial charge < -0.3 is 5.11 Å². The second-order valence-electron chi connectivity index (χ2n) is 4.62. The minimum atomic E-state index is -4.39. The first-order valence-electron chi connectivity index (χ1n) is 6.08. The van der Waals surface area contributed by atoms with Crippen molar-refractivity contribution in [2.75, 3.05) is 0 Å². The molecule has 1 heterocycles. The topological polar surface area (TPSA) is 50.9 Å². The number of benzene rings is 1. The van der Waals surface area contributed by atoms with Gasteiger partial charge in [0.05, 0.1) is 23.9 Å². The highest BCUT2D eigenvalue weighted by atomic mass is 19.4. The maximum absolute atomic E-state index is 12.8. The van der Waals surface area contributed by atoms with Crippen molar-refractivity contribution in [3.05, 3.63) is 47.3 Å². The van der Waals surface area contributed by atoms with E-state index in [0.717, 1.165) is 6.07 Å². The van der Waals surface area contributed by atoms with E-state index < -0.39 is 17.8 Å². The van der Waals surface area contributed by atoms with Crippen molar-refractivity contribution in [2.45, 2.75) is 32.2 Å². The van der Waals surface area contributed by atoms with Gasteiger partial charge in [0.25, 0.3) is 0 Å². The van der Waals surface area contributed by atoms with Crippen LogP contribution in [0.5, 0.6) is 0 Å². The maximum atomic E-state index is 12.8. The zero-order chi connectivity index (χ0) is 14.8. The fourth-order valence-corrected chi connectivity index (χ4v) is 1.92. The number of halogens is 3. The van der Waals surface area contributed by atoms with Gasteiger partial charge in [-0.1, -0.05) is 23.4 Å². The average Bonchev–Trinajstić information content (AvgIpc) is 2.75. The van der Waals surface area contributed by atoms with E-state index in [9.17, 15) is 18.3 Å². The molecule has 0 aliphatic heterocycles. The Bertz CT molecular complexity index is 578. The predicted molar refractivity (Wildman–Crippen MR) is 66.0 cm³/mol. The van der Waals surface area contributed by atoms with Crippen molar-refractivity contribution in [1.82, 2.24) is 15.0 Å². The van der Waals surface area contributed by atoms with Crippen molar-refractivity contribution >= 4 is 0 Å². The highest BCUT2D eigenvalue weighted by Gasteiger charge is 2.32. The molecule has 4 nitrogen and oxygen atoms in total. The van der Waals surface area contributed by atoms with E-state index in [1.54, 1.807) is 19.2 Å². The molecule has 0 aliphatic carbocycles. The summed E-state index contributed by atoms with van der Waals surface area (Å²) in [6.45, 7) is 1.60. The molecular formula is C13H14F3N3O. The molecule has 0 spiro atoms. The Labute approximate surface area is 113 Å². The summed E-state index contributed by atoms with van der Waals surface area (Å²) in [5.74, 6) is 0. The van der Waals surface area contributed by atoms with Gasteiger partial charge in [0, 0.05) is 12.6 Å². The molecule has 1 N–H and O–H groups in total. The Morgan fingerprint density at radius 1 is 1.30 bits per heavy atom. The third-order valence-electron chi connectivity index (χ3n) is 2.75. The molecular weight excluding hydrogens is 271 g/mol. The fourth-order valence-electron chi connectivity index (χ4n) is 1.92. The van der Waals surface area contributed by atoms with E-state index >= 15 is 0 Å². The van der Waals surface area contributed by atoms with Gasteiger partial charge >= 0.3 is 6.18 Å². The standard InChI is InChI=1S/C13H14F3N3O/c1-9(20)6-11-8-19(18-17-11)7-10-4-2-3-5-12(10)13(14,15)16/h2-5,8-9,20H,6-7H2,1H3. The van der Waals surface area contributed by atoms with E-state index in [1.807, 2.05) is 0 Å². The van der Waals surface area contributed by atoms with Crippen LogP contribution in [0.25, 0.3) is 0 Å². The van der Waals surface area contributed by atoms with Gasteiger partial charge in [-0.05, 0) is 18.6 Å². The van der Waals surface area contributed by atoms with Gasteiger partial charge in [0.15, 0.2) is 0 Å². The summed E-state index contributed by atoms with van der Waals surface area (Å²) in [6, 6.07) is 5.37. The lowest BCUT2D eigenvalue weighted by Gasteiger charge is -2.12. The summed E-state index contributed by atoms with van der Waals surface area (Å²) < 4.78 is 39.9. The molecule has 0 saturated carbocycles. The Morgan fingerprint density at radius 2 is 2.00 bits per heavy atom. The van der Waals surface area contributed by atoms with Crippen molar-refractivity contribution in [2.24, 2.45) is 0 Å². The average molecular weight is 285 g/mol. The van der Waals surface area contributed by atoms with Crippen molar-refractivity contribution in [1.29, 1.82) is 0 Å². The number of aliphatic hydroxyl groups is 1. The lowest BCUT2D eigenvalue weighted by molar-refractivity contribution is -0.138. The molecule has 2 aromatic rings. The summed E-state index contributed by atoms with van der Waals surface area (Å²) in [4.78, 5) is 0. The zero-order valence-electron chi connectivity index (χ0n) is 10.8. The molecule has 0 bridgehead atoms. The van der Waals surface area contributed by atoms with Gasteiger partial charge in [-0.3, -0.25) is 0 Å². The molecule has 0 amide bonds. The van der Waals surface area contributed by atoms with Crippen LogP contribution < -0.4 is 0 Å². The molecule has 1 unspecified atom stereocenters. The smallest absolute Gasteiger partial charge is 0.393 e. The summed E-state index contributed by atoms with van der Waals surface area (Å²) in [7, 11) is 0. The highest BCUT2D eigenvalue weighted by molar-refractivity contribution is 5.29. The SMILES string of the molecule is CC(O)Cc1cn(Cc2ccccc2C(F)(F)F)nn1. The number of alkyl halides is 3. The first kappa shape index (κ1) is 14.5. The molecule has 0 radical (unpaired) electrons. The summed E-state index contributed by atoms with van der Waals surface area (Å²) in [6.07, 6.45) is -3.09. The number of rotatable bonds is 4. The van der Waals surface area contributed by atoms with Crippen molar-refractivity contribution < 1.29 is 18.3 Å². The molecule has 1 aromatic carbocycles. The van der Waals surface area contributed by atoms with Crippen LogP contribution in [-0.4, -0.2) is 26.2 Å². The van der Waals surface area contributed by atoms with Gasteiger partial charge in [-0.25, -0.2) is 4.68 Å². The largest absolute Gasteiger partial charge is 0.416 e. The molecule has 1 atom stereocenters. The predicted octanol–water partition coefficient (Wildman–Crippen LogP) is 2.27. The Kier molecular flexibility index (Phi) is 4.08. The third kappa shape index (κ3) is 3.57. The lowest BCUT2D eigenvalue weighted by atomic mass is 10.1. The molecule has 0 saturated heterocycles. The quantitative estimate of drug-likeness (QED) is 0.937. The van der Waals surface area contributed by atoms with E-state index in [4.69, 9.17) is 0 Å². The summed E-state index contributed by atoms with van der Waals surface area (Å²) in [5, 5.41) is 16.8. The van der Waals surface area contributed by atoms with Gasteiger partial charge in [0.2, 0.25) is 0 Å². The molecule has 0 aliphatic rings. The molecule has 20 heavy (non-hydrogen) atoms. The molecule has 7 heteroatoms. The third-order valence-corrected chi connectivity index (χ3v) is 2.75. The molecule has 0 fully saturated rings. The monoisotopic (exact) mass is 285 g/mol. The van der Waals surface area contributed by atoms with Gasteiger partial charge in [0.1, 0.15) is 0 Å². The number of aromatic nitrogens is 3. The van der Waals surface area contributed by atoms with E-state index in [-0.39, 0.29) is 12.1 Å². The van der Waals surface area contributed by atoms with Crippen LogP contribution in [0.1, 0.15) is 23.7 Å². The van der Waals surface area contributed by atoms with Crippen LogP contribution in [0, 0.1) is 0 Å². The number of nitrogens with zero attached hydrogens (tertiary/aromatic N) is 3. The van der Waals surface area contributed by atoms with Gasteiger partial charge in [-0.15, -0.1) is 5.10 Å². The number of hydrogen-bond acceptors (Lipinski definition) is 3. The minimum Gasteiger partial charge on any atom is -0.393 e. The van der Waals surface area contributed by atoms with E-state index in [0.29, 0.717) is 12.1 Å². The van der Waals surface area contributed by atoms with Crippen LogP contribution in [0.4, 0.5) is 13.2 Å². The lowest BCUT2D eigenvalue weighted by Crippen LogP contribution is -2.12. The first-order chi connectivity index (χ1) is 9.36. The highest BCUT2D eigenvalue weighted by Crippen LogP contribution is 2.32. The van der Waals surface area contributed by atoms with Crippen molar-refractivity contribution in [3.63, 3.8) is 0 Å². The molecule has 108 valence electrons. The van der Waals surface area contributed by atoms with Crippen molar-refractivity contribution in [3.8, 4) is 0 Å². The van der Waals surface area contributed by atoms with E-state index in [1.165, 1.54) is 16.8 Å². The van der Waals surface area contributed by atoms with Crippen LogP contribution in [0.3, 0.4) is 0 Å². The maximum Gasteiger partial charge on any atom is 0.416 e. The number of aliphatic hydroxyl groups excluding tert-OH is 1. The van der Waals surface area contributed by atoms with Crippen LogP contribution in [0.2, 0.25) is 0 Å². The van der Waals surface area contributed by atoms with Crippen LogP contribution in [0.15, 0.2) is 30.5 Å². The second kappa shape index (κ2) is 5.62. The van der Waals surface area contributed by atoms with Crippen LogP contribution >= 0.6 is 0 Å². The van der Waals surface area contributed by atoms with Crippen LogP contribution in [-0.2, 0) is 19.1 Å². The Balaban J connectivity index is 2.20. The number of hydrogen-bond donors (Lipinski definition) is 1. The zero-order valence-corrected chi connectivity index (χ0v) is 10.8. The Morgan fingerprint density at radius 3 is 2.65 bits per heavy atom.